The maximum atomic E-state index is 13.3. The van der Waals surface area contributed by atoms with E-state index < -0.39 is 4.92 Å². The SMILES string of the molecule is O=C1/C(=C\c2cccn2-c2cccc([N+](=O)[O-])c2)SC(=S)N1c1cccc2ccccc12. The third-order valence-electron chi connectivity index (χ3n) is 5.18. The van der Waals surface area contributed by atoms with Gasteiger partial charge in [0.2, 0.25) is 0 Å². The maximum Gasteiger partial charge on any atom is 0.271 e. The first kappa shape index (κ1) is 20.2. The number of nitro benzene ring substituents is 1. The number of benzene rings is 3. The molecule has 3 aromatic carbocycles. The molecular formula is C24H15N3O3S2. The van der Waals surface area contributed by atoms with Crippen molar-refractivity contribution < 1.29 is 9.72 Å². The van der Waals surface area contributed by atoms with Gasteiger partial charge in [-0.05, 0) is 35.7 Å². The van der Waals surface area contributed by atoms with Crippen LogP contribution >= 0.6 is 24.0 Å². The highest BCUT2D eigenvalue weighted by Gasteiger charge is 2.34. The molecule has 1 fully saturated rings. The van der Waals surface area contributed by atoms with Gasteiger partial charge in [0.1, 0.15) is 0 Å². The molecule has 1 aromatic heterocycles. The molecule has 1 amide bonds. The summed E-state index contributed by atoms with van der Waals surface area (Å²) in [4.78, 5) is 26.1. The number of nitrogens with zero attached hydrogens (tertiary/aromatic N) is 3. The highest BCUT2D eigenvalue weighted by molar-refractivity contribution is 8.27. The standard InChI is InChI=1S/C24H15N3O3S2/c28-23-22(15-18-10-5-13-25(18)17-8-4-9-19(14-17)27(29)30)32-24(31)26(23)21-12-3-7-16-6-1-2-11-20(16)21/h1-15H/b22-15+. The van der Waals surface area contributed by atoms with Crippen molar-refractivity contribution in [3.63, 3.8) is 0 Å². The Morgan fingerprint density at radius 2 is 1.75 bits per heavy atom. The Kier molecular flexibility index (Phi) is 5.08. The summed E-state index contributed by atoms with van der Waals surface area (Å²) in [5, 5.41) is 13.1. The number of carbonyl (C=O) groups excluding carboxylic acids is 1. The molecule has 8 heteroatoms. The van der Waals surface area contributed by atoms with Crippen LogP contribution in [0.3, 0.4) is 0 Å². The predicted octanol–water partition coefficient (Wildman–Crippen LogP) is 5.94. The van der Waals surface area contributed by atoms with E-state index >= 15 is 0 Å². The van der Waals surface area contributed by atoms with Gasteiger partial charge in [0.25, 0.3) is 11.6 Å². The number of amides is 1. The van der Waals surface area contributed by atoms with Gasteiger partial charge in [0, 0.05) is 29.4 Å². The van der Waals surface area contributed by atoms with Gasteiger partial charge < -0.3 is 4.57 Å². The molecule has 5 rings (SSSR count). The molecule has 0 atom stereocenters. The van der Waals surface area contributed by atoms with E-state index in [1.807, 2.05) is 54.6 Å². The van der Waals surface area contributed by atoms with Crippen LogP contribution in [-0.2, 0) is 4.79 Å². The maximum absolute atomic E-state index is 13.3. The summed E-state index contributed by atoms with van der Waals surface area (Å²) >= 11 is 6.80. The first-order valence-electron chi connectivity index (χ1n) is 9.71. The van der Waals surface area contributed by atoms with Crippen LogP contribution in [0.15, 0.2) is 90.0 Å². The average Bonchev–Trinajstić information content (AvgIpc) is 3.37. The first-order chi connectivity index (χ1) is 15.5. The zero-order chi connectivity index (χ0) is 22.2. The van der Waals surface area contributed by atoms with Crippen LogP contribution in [0.5, 0.6) is 0 Å². The zero-order valence-corrected chi connectivity index (χ0v) is 18.2. The number of carbonyl (C=O) groups is 1. The highest BCUT2D eigenvalue weighted by Crippen LogP contribution is 2.39. The van der Waals surface area contributed by atoms with E-state index in [-0.39, 0.29) is 11.6 Å². The van der Waals surface area contributed by atoms with Crippen molar-refractivity contribution in [2.75, 3.05) is 4.90 Å². The van der Waals surface area contributed by atoms with Gasteiger partial charge >= 0.3 is 0 Å². The van der Waals surface area contributed by atoms with Gasteiger partial charge in [-0.25, -0.2) is 0 Å². The Morgan fingerprint density at radius 3 is 2.59 bits per heavy atom. The number of rotatable bonds is 4. The summed E-state index contributed by atoms with van der Waals surface area (Å²) in [5.74, 6) is -0.192. The second-order valence-electron chi connectivity index (χ2n) is 7.10. The fraction of sp³-hybridized carbons (Fsp3) is 0. The molecule has 0 aliphatic carbocycles. The number of hydrogen-bond donors (Lipinski definition) is 0. The number of aromatic nitrogens is 1. The van der Waals surface area contributed by atoms with Gasteiger partial charge in [-0.3, -0.25) is 19.8 Å². The number of thiocarbonyl (C=S) groups is 1. The van der Waals surface area contributed by atoms with Crippen molar-refractivity contribution in [3.05, 3.63) is 106 Å². The van der Waals surface area contributed by atoms with E-state index in [0.717, 1.165) is 22.2 Å². The summed E-state index contributed by atoms with van der Waals surface area (Å²) in [7, 11) is 0. The quantitative estimate of drug-likeness (QED) is 0.164. The molecule has 4 aromatic rings. The Morgan fingerprint density at radius 1 is 0.969 bits per heavy atom. The van der Waals surface area contributed by atoms with Gasteiger partial charge in [-0.1, -0.05) is 66.4 Å². The lowest BCUT2D eigenvalue weighted by Gasteiger charge is -2.17. The molecule has 1 aliphatic heterocycles. The van der Waals surface area contributed by atoms with Crippen molar-refractivity contribution in [2.45, 2.75) is 0 Å². The van der Waals surface area contributed by atoms with E-state index in [4.69, 9.17) is 12.2 Å². The average molecular weight is 458 g/mol. The molecular weight excluding hydrogens is 442 g/mol. The van der Waals surface area contributed by atoms with Gasteiger partial charge in [-0.2, -0.15) is 0 Å². The summed E-state index contributed by atoms with van der Waals surface area (Å²) in [6.07, 6.45) is 3.57. The molecule has 0 bridgehead atoms. The summed E-state index contributed by atoms with van der Waals surface area (Å²) < 4.78 is 2.27. The Hall–Kier alpha value is -3.75. The number of nitro groups is 1. The van der Waals surface area contributed by atoms with E-state index in [0.29, 0.717) is 14.9 Å². The molecule has 0 radical (unpaired) electrons. The molecule has 0 saturated carbocycles. The van der Waals surface area contributed by atoms with Crippen molar-refractivity contribution in [3.8, 4) is 5.69 Å². The lowest BCUT2D eigenvalue weighted by atomic mass is 10.1. The summed E-state index contributed by atoms with van der Waals surface area (Å²) in [6, 6.07) is 23.7. The number of hydrogen-bond acceptors (Lipinski definition) is 5. The minimum Gasteiger partial charge on any atom is -0.317 e. The number of thioether (sulfide) groups is 1. The molecule has 1 aliphatic rings. The van der Waals surface area contributed by atoms with E-state index in [1.54, 1.807) is 33.9 Å². The predicted molar refractivity (Wildman–Crippen MR) is 132 cm³/mol. The molecule has 156 valence electrons. The Balaban J connectivity index is 1.53. The second-order valence-corrected chi connectivity index (χ2v) is 8.77. The number of fused-ring (bicyclic) bond motifs is 1. The minimum absolute atomic E-state index is 0.00410. The third kappa shape index (κ3) is 3.49. The normalized spacial score (nSPS) is 15.1. The van der Waals surface area contributed by atoms with Crippen LogP contribution in [0.25, 0.3) is 22.5 Å². The summed E-state index contributed by atoms with van der Waals surface area (Å²) in [6.45, 7) is 0. The third-order valence-corrected chi connectivity index (χ3v) is 6.48. The fourth-order valence-corrected chi connectivity index (χ4v) is 4.99. The molecule has 2 heterocycles. The van der Waals surface area contributed by atoms with E-state index in [1.165, 1.54) is 23.9 Å². The van der Waals surface area contributed by atoms with E-state index in [9.17, 15) is 14.9 Å². The van der Waals surface area contributed by atoms with Crippen LogP contribution in [0.1, 0.15) is 5.69 Å². The molecule has 1 saturated heterocycles. The molecule has 6 nitrogen and oxygen atoms in total. The Bertz CT molecular complexity index is 1440. The summed E-state index contributed by atoms with van der Waals surface area (Å²) in [5.41, 5.74) is 2.12. The number of anilines is 1. The molecule has 0 unspecified atom stereocenters. The largest absolute Gasteiger partial charge is 0.317 e. The van der Waals surface area contributed by atoms with Gasteiger partial charge in [0.05, 0.1) is 21.2 Å². The van der Waals surface area contributed by atoms with Crippen LogP contribution in [0.2, 0.25) is 0 Å². The van der Waals surface area contributed by atoms with Crippen molar-refractivity contribution >= 4 is 62.4 Å². The lowest BCUT2D eigenvalue weighted by molar-refractivity contribution is -0.384. The fourth-order valence-electron chi connectivity index (χ4n) is 3.72. The smallest absolute Gasteiger partial charge is 0.271 e. The van der Waals surface area contributed by atoms with E-state index in [2.05, 4.69) is 0 Å². The van der Waals surface area contributed by atoms with Crippen molar-refractivity contribution in [1.29, 1.82) is 0 Å². The molecule has 32 heavy (non-hydrogen) atoms. The van der Waals surface area contributed by atoms with Crippen LogP contribution < -0.4 is 4.90 Å². The molecule has 0 spiro atoms. The second kappa shape index (κ2) is 8.07. The van der Waals surface area contributed by atoms with Gasteiger partial charge in [-0.15, -0.1) is 0 Å². The van der Waals surface area contributed by atoms with Crippen LogP contribution in [-0.4, -0.2) is 19.7 Å². The molecule has 0 N–H and O–H groups in total. The van der Waals surface area contributed by atoms with Gasteiger partial charge in [0.15, 0.2) is 4.32 Å². The monoisotopic (exact) mass is 457 g/mol. The number of non-ortho nitro benzene ring substituents is 1. The Labute approximate surface area is 192 Å². The highest BCUT2D eigenvalue weighted by atomic mass is 32.2. The first-order valence-corrected chi connectivity index (χ1v) is 10.9. The van der Waals surface area contributed by atoms with Crippen molar-refractivity contribution in [2.24, 2.45) is 0 Å². The van der Waals surface area contributed by atoms with Crippen LogP contribution in [0, 0.1) is 10.1 Å². The van der Waals surface area contributed by atoms with Crippen molar-refractivity contribution in [1.82, 2.24) is 4.57 Å². The zero-order valence-electron chi connectivity index (χ0n) is 16.5. The minimum atomic E-state index is -0.429. The topological polar surface area (TPSA) is 68.4 Å². The lowest BCUT2D eigenvalue weighted by Crippen LogP contribution is -2.27. The van der Waals surface area contributed by atoms with Crippen LogP contribution in [0.4, 0.5) is 11.4 Å².